The highest BCUT2D eigenvalue weighted by atomic mass is 79.9. The van der Waals surface area contributed by atoms with E-state index in [0.717, 1.165) is 22.5 Å². The van der Waals surface area contributed by atoms with Crippen LogP contribution in [0.25, 0.3) is 5.65 Å². The van der Waals surface area contributed by atoms with E-state index >= 15 is 0 Å². The first kappa shape index (κ1) is 12.4. The van der Waals surface area contributed by atoms with E-state index in [2.05, 4.69) is 42.2 Å². The lowest BCUT2D eigenvalue weighted by Crippen LogP contribution is -2.18. The van der Waals surface area contributed by atoms with Crippen molar-refractivity contribution in [3.63, 3.8) is 0 Å². The van der Waals surface area contributed by atoms with Crippen LogP contribution in [0.5, 0.6) is 0 Å². The topological polar surface area (TPSA) is 59.5 Å². The molecule has 0 fully saturated rings. The van der Waals surface area contributed by atoms with Crippen molar-refractivity contribution in [2.45, 2.75) is 6.54 Å². The Kier molecular flexibility index (Phi) is 3.16. The minimum Gasteiger partial charge on any atom is -0.382 e. The second-order valence-corrected chi connectivity index (χ2v) is 6.15. The second kappa shape index (κ2) is 4.82. The van der Waals surface area contributed by atoms with Crippen LogP contribution in [-0.4, -0.2) is 21.4 Å². The van der Waals surface area contributed by atoms with Crippen molar-refractivity contribution in [1.82, 2.24) is 14.4 Å². The maximum absolute atomic E-state index is 5.83. The SMILES string of the molecule is CN(Cc1cc(Br)cs1)c1nc(N)cn2ccnc12. The van der Waals surface area contributed by atoms with Gasteiger partial charge in [-0.15, -0.1) is 11.3 Å². The molecule has 0 aliphatic rings. The number of rotatable bonds is 3. The van der Waals surface area contributed by atoms with E-state index in [1.54, 1.807) is 23.7 Å². The predicted octanol–water partition coefficient (Wildman–Crippen LogP) is 2.77. The largest absolute Gasteiger partial charge is 0.382 e. The molecule has 0 saturated heterocycles. The van der Waals surface area contributed by atoms with E-state index in [4.69, 9.17) is 5.73 Å². The third kappa shape index (κ3) is 2.43. The van der Waals surface area contributed by atoms with Crippen LogP contribution in [-0.2, 0) is 6.54 Å². The zero-order valence-corrected chi connectivity index (χ0v) is 12.6. The van der Waals surface area contributed by atoms with Crippen molar-refractivity contribution < 1.29 is 0 Å². The number of hydrogen-bond donors (Lipinski definition) is 1. The average molecular weight is 338 g/mol. The number of nitrogen functional groups attached to an aromatic ring is 1. The summed E-state index contributed by atoms with van der Waals surface area (Å²) < 4.78 is 2.99. The molecule has 0 radical (unpaired) electrons. The molecule has 0 amide bonds. The molecule has 0 aromatic carbocycles. The summed E-state index contributed by atoms with van der Waals surface area (Å²) in [5, 5.41) is 2.07. The van der Waals surface area contributed by atoms with E-state index in [-0.39, 0.29) is 0 Å². The maximum Gasteiger partial charge on any atom is 0.180 e. The first-order valence-corrected chi connectivity index (χ1v) is 7.34. The van der Waals surface area contributed by atoms with Gasteiger partial charge in [0.05, 0.1) is 12.7 Å². The molecule has 98 valence electrons. The highest BCUT2D eigenvalue weighted by molar-refractivity contribution is 9.10. The summed E-state index contributed by atoms with van der Waals surface area (Å²) in [6, 6.07) is 2.11. The molecule has 3 rings (SSSR count). The predicted molar refractivity (Wildman–Crippen MR) is 81.5 cm³/mol. The van der Waals surface area contributed by atoms with Crippen LogP contribution in [0.3, 0.4) is 0 Å². The maximum atomic E-state index is 5.83. The van der Waals surface area contributed by atoms with Crippen LogP contribution >= 0.6 is 27.3 Å². The molecule has 7 heteroatoms. The molecule has 0 saturated carbocycles. The molecule has 5 nitrogen and oxygen atoms in total. The smallest absolute Gasteiger partial charge is 0.180 e. The average Bonchev–Trinajstić information content (AvgIpc) is 2.96. The number of hydrogen-bond acceptors (Lipinski definition) is 5. The van der Waals surface area contributed by atoms with Gasteiger partial charge in [-0.3, -0.25) is 0 Å². The fourth-order valence-electron chi connectivity index (χ4n) is 1.94. The van der Waals surface area contributed by atoms with Gasteiger partial charge in [-0.2, -0.15) is 0 Å². The van der Waals surface area contributed by atoms with E-state index in [0.29, 0.717) is 5.82 Å². The number of nitrogens with zero attached hydrogens (tertiary/aromatic N) is 4. The molecule has 2 N–H and O–H groups in total. The van der Waals surface area contributed by atoms with E-state index < -0.39 is 0 Å². The zero-order chi connectivity index (χ0) is 13.4. The summed E-state index contributed by atoms with van der Waals surface area (Å²) in [5.41, 5.74) is 6.64. The molecule has 0 aliphatic carbocycles. The Morgan fingerprint density at radius 2 is 2.37 bits per heavy atom. The van der Waals surface area contributed by atoms with E-state index in [1.165, 1.54) is 4.88 Å². The molecular formula is C12H12BrN5S. The second-order valence-electron chi connectivity index (χ2n) is 4.23. The minimum absolute atomic E-state index is 0.486. The third-order valence-corrected chi connectivity index (χ3v) is 4.43. The zero-order valence-electron chi connectivity index (χ0n) is 10.2. The Bertz CT molecular complexity index is 720. The van der Waals surface area contributed by atoms with Gasteiger partial charge in [-0.05, 0) is 22.0 Å². The van der Waals surface area contributed by atoms with Gasteiger partial charge in [0, 0.05) is 34.2 Å². The van der Waals surface area contributed by atoms with Gasteiger partial charge in [0.1, 0.15) is 5.82 Å². The summed E-state index contributed by atoms with van der Waals surface area (Å²) in [6.45, 7) is 0.773. The first-order valence-electron chi connectivity index (χ1n) is 5.67. The summed E-state index contributed by atoms with van der Waals surface area (Å²) in [6.07, 6.45) is 5.38. The number of thiophene rings is 1. The van der Waals surface area contributed by atoms with E-state index in [9.17, 15) is 0 Å². The number of fused-ring (bicyclic) bond motifs is 1. The number of aromatic nitrogens is 3. The lowest BCUT2D eigenvalue weighted by Gasteiger charge is -2.18. The Hall–Kier alpha value is -1.60. The van der Waals surface area contributed by atoms with Gasteiger partial charge in [-0.25, -0.2) is 9.97 Å². The summed E-state index contributed by atoms with van der Waals surface area (Å²) >= 11 is 5.17. The van der Waals surface area contributed by atoms with Gasteiger partial charge in [0.25, 0.3) is 0 Å². The minimum atomic E-state index is 0.486. The molecular weight excluding hydrogens is 326 g/mol. The fourth-order valence-corrected chi connectivity index (χ4v) is 3.44. The van der Waals surface area contributed by atoms with Crippen molar-refractivity contribution in [3.05, 3.63) is 39.4 Å². The van der Waals surface area contributed by atoms with Crippen LogP contribution < -0.4 is 10.6 Å². The first-order chi connectivity index (χ1) is 9.13. The Labute approximate surface area is 122 Å². The van der Waals surface area contributed by atoms with E-state index in [1.807, 2.05) is 17.6 Å². The van der Waals surface area contributed by atoms with Crippen LogP contribution in [0, 0.1) is 0 Å². The molecule has 0 unspecified atom stereocenters. The van der Waals surface area contributed by atoms with Crippen LogP contribution in [0.15, 0.2) is 34.5 Å². The highest BCUT2D eigenvalue weighted by Gasteiger charge is 2.12. The third-order valence-electron chi connectivity index (χ3n) is 2.75. The van der Waals surface area contributed by atoms with Crippen molar-refractivity contribution in [2.75, 3.05) is 17.7 Å². The monoisotopic (exact) mass is 337 g/mol. The van der Waals surface area contributed by atoms with Crippen molar-refractivity contribution in [1.29, 1.82) is 0 Å². The van der Waals surface area contributed by atoms with Crippen LogP contribution in [0.2, 0.25) is 0 Å². The molecule has 3 heterocycles. The summed E-state index contributed by atoms with van der Waals surface area (Å²) in [5.74, 6) is 1.27. The molecule has 19 heavy (non-hydrogen) atoms. The lowest BCUT2D eigenvalue weighted by molar-refractivity contribution is 0.907. The van der Waals surface area contributed by atoms with Gasteiger partial charge in [-0.1, -0.05) is 0 Å². The van der Waals surface area contributed by atoms with Crippen LogP contribution in [0.1, 0.15) is 4.88 Å². The molecule has 3 aromatic heterocycles. The van der Waals surface area contributed by atoms with Gasteiger partial charge in [0.2, 0.25) is 0 Å². The standard InChI is InChI=1S/C12H12BrN5S/c1-17(5-9-4-8(13)7-19-9)12-11-15-2-3-18(11)6-10(14)16-12/h2-4,6-7H,5,14H2,1H3. The molecule has 0 aliphatic heterocycles. The number of halogens is 1. The summed E-state index contributed by atoms with van der Waals surface area (Å²) in [4.78, 5) is 12.0. The molecule has 0 atom stereocenters. The van der Waals surface area contributed by atoms with Crippen molar-refractivity contribution in [3.8, 4) is 0 Å². The fraction of sp³-hybridized carbons (Fsp3) is 0.167. The number of nitrogens with two attached hydrogens (primary N) is 1. The van der Waals surface area contributed by atoms with Gasteiger partial charge >= 0.3 is 0 Å². The number of anilines is 2. The quantitative estimate of drug-likeness (QED) is 0.798. The lowest BCUT2D eigenvalue weighted by atomic mass is 10.4. The van der Waals surface area contributed by atoms with Crippen molar-refractivity contribution >= 4 is 44.5 Å². The molecule has 0 spiro atoms. The van der Waals surface area contributed by atoms with Crippen LogP contribution in [0.4, 0.5) is 11.6 Å². The van der Waals surface area contributed by atoms with Gasteiger partial charge < -0.3 is 15.0 Å². The normalized spacial score (nSPS) is 11.1. The van der Waals surface area contributed by atoms with Crippen molar-refractivity contribution in [2.24, 2.45) is 0 Å². The number of imidazole rings is 1. The summed E-state index contributed by atoms with van der Waals surface area (Å²) in [7, 11) is 1.99. The Morgan fingerprint density at radius 3 is 3.11 bits per heavy atom. The molecule has 3 aromatic rings. The van der Waals surface area contributed by atoms with Gasteiger partial charge in [0.15, 0.2) is 11.5 Å². The highest BCUT2D eigenvalue weighted by Crippen LogP contribution is 2.24. The Balaban J connectivity index is 1.96. The Morgan fingerprint density at radius 1 is 1.53 bits per heavy atom. The molecule has 0 bridgehead atoms.